The summed E-state index contributed by atoms with van der Waals surface area (Å²) < 4.78 is 67.6. The van der Waals surface area contributed by atoms with E-state index in [1.165, 1.54) is 24.3 Å². The molecule has 158 valence electrons. The second kappa shape index (κ2) is 7.55. The minimum atomic E-state index is -4.97. The maximum atomic E-state index is 14.5. The molecule has 2 aromatic carbocycles. The first-order chi connectivity index (χ1) is 13.1. The van der Waals surface area contributed by atoms with Crippen molar-refractivity contribution in [3.05, 3.63) is 70.5 Å². The van der Waals surface area contributed by atoms with Gasteiger partial charge in [-0.05, 0) is 73.5 Å². The van der Waals surface area contributed by atoms with Gasteiger partial charge in [0.2, 0.25) is 5.67 Å². The SMILES string of the molecule is CC(F)(c1ccc2c(c1)CCC1NCCC21Cc1cccc(F)c1)C(F)(F)F.Cl. The predicted octanol–water partition coefficient (Wildman–Crippen LogP) is 5.78. The van der Waals surface area contributed by atoms with E-state index in [-0.39, 0.29) is 35.2 Å². The summed E-state index contributed by atoms with van der Waals surface area (Å²) in [4.78, 5) is 0. The summed E-state index contributed by atoms with van der Waals surface area (Å²) in [5.41, 5.74) is -1.48. The molecule has 1 heterocycles. The molecule has 0 spiro atoms. The molecule has 2 aliphatic rings. The Morgan fingerprint density at radius 3 is 2.55 bits per heavy atom. The second-order valence-corrected chi connectivity index (χ2v) is 8.13. The van der Waals surface area contributed by atoms with Crippen molar-refractivity contribution in [2.45, 2.75) is 55.9 Å². The molecule has 2 aromatic rings. The van der Waals surface area contributed by atoms with Crippen LogP contribution in [-0.4, -0.2) is 18.8 Å². The molecule has 7 heteroatoms. The molecule has 1 saturated heterocycles. The first-order valence-electron chi connectivity index (χ1n) is 9.51. The number of fused-ring (bicyclic) bond motifs is 3. The molecule has 0 bridgehead atoms. The summed E-state index contributed by atoms with van der Waals surface area (Å²) in [5, 5.41) is 3.50. The molecule has 3 atom stereocenters. The van der Waals surface area contributed by atoms with Gasteiger partial charge in [0.05, 0.1) is 0 Å². The van der Waals surface area contributed by atoms with Crippen molar-refractivity contribution in [2.75, 3.05) is 6.54 Å². The molecule has 1 aliphatic carbocycles. The van der Waals surface area contributed by atoms with Gasteiger partial charge in [-0.2, -0.15) is 13.2 Å². The van der Waals surface area contributed by atoms with Crippen LogP contribution in [0.3, 0.4) is 0 Å². The largest absolute Gasteiger partial charge is 0.426 e. The predicted molar refractivity (Wildman–Crippen MR) is 105 cm³/mol. The maximum Gasteiger partial charge on any atom is 0.426 e. The highest BCUT2D eigenvalue weighted by Crippen LogP contribution is 2.48. The Labute approximate surface area is 173 Å². The van der Waals surface area contributed by atoms with Crippen molar-refractivity contribution in [1.29, 1.82) is 0 Å². The number of hydrogen-bond donors (Lipinski definition) is 1. The van der Waals surface area contributed by atoms with Gasteiger partial charge in [0, 0.05) is 11.5 Å². The minimum Gasteiger partial charge on any atom is -0.313 e. The van der Waals surface area contributed by atoms with Crippen molar-refractivity contribution >= 4 is 12.4 Å². The van der Waals surface area contributed by atoms with E-state index in [0.29, 0.717) is 19.8 Å². The molecule has 0 aromatic heterocycles. The number of rotatable bonds is 3. The zero-order chi connectivity index (χ0) is 20.2. The standard InChI is InChI=1S/C22H22F5N.ClH/c1-20(24,22(25,26)27)16-6-7-18-15(12-16)5-8-19-21(18,9-10-28-19)13-14-3-2-4-17(23)11-14;/h2-4,6-7,11-12,19,28H,5,8-10,13H2,1H3;1H. The highest BCUT2D eigenvalue weighted by molar-refractivity contribution is 5.85. The van der Waals surface area contributed by atoms with Gasteiger partial charge in [-0.15, -0.1) is 12.4 Å². The average Bonchev–Trinajstić information content (AvgIpc) is 3.04. The van der Waals surface area contributed by atoms with E-state index in [1.807, 2.05) is 6.07 Å². The number of alkyl halides is 4. The summed E-state index contributed by atoms with van der Waals surface area (Å²) in [6.07, 6.45) is -2.19. The van der Waals surface area contributed by atoms with Crippen LogP contribution in [0.2, 0.25) is 0 Å². The van der Waals surface area contributed by atoms with Gasteiger partial charge in [0.25, 0.3) is 0 Å². The van der Waals surface area contributed by atoms with Crippen LogP contribution in [0.4, 0.5) is 22.0 Å². The van der Waals surface area contributed by atoms with Gasteiger partial charge in [-0.3, -0.25) is 0 Å². The quantitative estimate of drug-likeness (QED) is 0.607. The van der Waals surface area contributed by atoms with Gasteiger partial charge in [-0.1, -0.05) is 30.3 Å². The number of nitrogens with one attached hydrogen (secondary N) is 1. The molecule has 0 saturated carbocycles. The molecular weight excluding hydrogens is 409 g/mol. The third kappa shape index (κ3) is 3.66. The van der Waals surface area contributed by atoms with Crippen LogP contribution in [0.25, 0.3) is 0 Å². The van der Waals surface area contributed by atoms with Crippen molar-refractivity contribution in [3.8, 4) is 0 Å². The summed E-state index contributed by atoms with van der Waals surface area (Å²) in [7, 11) is 0. The van der Waals surface area contributed by atoms with E-state index in [4.69, 9.17) is 0 Å². The lowest BCUT2D eigenvalue weighted by atomic mass is 9.63. The minimum absolute atomic E-state index is 0. The van der Waals surface area contributed by atoms with Crippen molar-refractivity contribution in [1.82, 2.24) is 5.32 Å². The van der Waals surface area contributed by atoms with Crippen LogP contribution >= 0.6 is 12.4 Å². The van der Waals surface area contributed by atoms with E-state index >= 15 is 0 Å². The molecule has 0 radical (unpaired) electrons. The normalized spacial score (nSPS) is 25.5. The van der Waals surface area contributed by atoms with Crippen LogP contribution in [0.1, 0.15) is 42.0 Å². The number of benzene rings is 2. The summed E-state index contributed by atoms with van der Waals surface area (Å²) in [6, 6.07) is 10.9. The van der Waals surface area contributed by atoms with Gasteiger partial charge in [0.1, 0.15) is 5.82 Å². The maximum absolute atomic E-state index is 14.5. The Morgan fingerprint density at radius 1 is 1.10 bits per heavy atom. The molecule has 1 N–H and O–H groups in total. The third-order valence-corrected chi connectivity index (χ3v) is 6.46. The van der Waals surface area contributed by atoms with Gasteiger partial charge >= 0.3 is 6.18 Å². The third-order valence-electron chi connectivity index (χ3n) is 6.46. The molecule has 1 fully saturated rings. The van der Waals surface area contributed by atoms with Crippen LogP contribution in [0, 0.1) is 5.82 Å². The first kappa shape index (κ1) is 22.0. The van der Waals surface area contributed by atoms with E-state index < -0.39 is 11.8 Å². The van der Waals surface area contributed by atoms with Crippen molar-refractivity contribution in [3.63, 3.8) is 0 Å². The molecule has 0 amide bonds. The van der Waals surface area contributed by atoms with Crippen molar-refractivity contribution in [2.24, 2.45) is 0 Å². The number of aryl methyl sites for hydroxylation is 1. The van der Waals surface area contributed by atoms with Crippen LogP contribution in [0.5, 0.6) is 0 Å². The molecule has 29 heavy (non-hydrogen) atoms. The van der Waals surface area contributed by atoms with E-state index in [0.717, 1.165) is 36.1 Å². The lowest BCUT2D eigenvalue weighted by Crippen LogP contribution is -2.46. The lowest BCUT2D eigenvalue weighted by molar-refractivity contribution is -0.228. The van der Waals surface area contributed by atoms with Crippen LogP contribution in [-0.2, 0) is 23.9 Å². The van der Waals surface area contributed by atoms with Gasteiger partial charge in [-0.25, -0.2) is 8.78 Å². The fraction of sp³-hybridized carbons (Fsp3) is 0.455. The fourth-order valence-corrected chi connectivity index (χ4v) is 4.90. The molecule has 4 rings (SSSR count). The monoisotopic (exact) mass is 431 g/mol. The van der Waals surface area contributed by atoms with Gasteiger partial charge in [0.15, 0.2) is 0 Å². The van der Waals surface area contributed by atoms with E-state index in [9.17, 15) is 22.0 Å². The fourth-order valence-electron chi connectivity index (χ4n) is 4.90. The van der Waals surface area contributed by atoms with Crippen LogP contribution in [0.15, 0.2) is 42.5 Å². The average molecular weight is 432 g/mol. The van der Waals surface area contributed by atoms with E-state index in [1.54, 1.807) is 12.1 Å². The Morgan fingerprint density at radius 2 is 1.86 bits per heavy atom. The van der Waals surface area contributed by atoms with Crippen LogP contribution < -0.4 is 5.32 Å². The molecule has 3 unspecified atom stereocenters. The number of halogens is 6. The topological polar surface area (TPSA) is 12.0 Å². The van der Waals surface area contributed by atoms with Crippen molar-refractivity contribution < 1.29 is 22.0 Å². The van der Waals surface area contributed by atoms with Gasteiger partial charge < -0.3 is 5.32 Å². The highest BCUT2D eigenvalue weighted by Gasteiger charge is 2.54. The first-order valence-corrected chi connectivity index (χ1v) is 9.51. The molecule has 1 aliphatic heterocycles. The summed E-state index contributed by atoms with van der Waals surface area (Å²) in [5.74, 6) is -0.304. The zero-order valence-electron chi connectivity index (χ0n) is 16.0. The number of hydrogen-bond acceptors (Lipinski definition) is 1. The Balaban J connectivity index is 0.00000240. The summed E-state index contributed by atoms with van der Waals surface area (Å²) >= 11 is 0. The Bertz CT molecular complexity index is 895. The Kier molecular flexibility index (Phi) is 5.73. The smallest absolute Gasteiger partial charge is 0.313 e. The summed E-state index contributed by atoms with van der Waals surface area (Å²) in [6.45, 7) is 1.37. The molecular formula is C22H23ClF5N. The Hall–Kier alpha value is -1.66. The molecule has 1 nitrogen and oxygen atoms in total. The van der Waals surface area contributed by atoms with E-state index in [2.05, 4.69) is 5.32 Å². The second-order valence-electron chi connectivity index (χ2n) is 8.13. The lowest BCUT2D eigenvalue weighted by Gasteiger charge is -2.42. The highest BCUT2D eigenvalue weighted by atomic mass is 35.5. The zero-order valence-corrected chi connectivity index (χ0v) is 16.8.